The summed E-state index contributed by atoms with van der Waals surface area (Å²) < 4.78 is 6.07. The van der Waals surface area contributed by atoms with Crippen LogP contribution in [0.5, 0.6) is 5.75 Å². The molecule has 0 bridgehead atoms. The van der Waals surface area contributed by atoms with Crippen molar-refractivity contribution in [2.45, 2.75) is 37.3 Å². The molecule has 0 unspecified atom stereocenters. The maximum absolute atomic E-state index is 12.6. The van der Waals surface area contributed by atoms with Gasteiger partial charge in [-0.3, -0.25) is 9.69 Å². The Morgan fingerprint density at radius 2 is 2.10 bits per heavy atom. The summed E-state index contributed by atoms with van der Waals surface area (Å²) in [7, 11) is 1.94. The summed E-state index contributed by atoms with van der Waals surface area (Å²) >= 11 is 6.07. The summed E-state index contributed by atoms with van der Waals surface area (Å²) in [5.74, 6) is 0.501. The second kappa shape index (κ2) is 9.51. The number of carbonyl (C=O) groups is 1. The van der Waals surface area contributed by atoms with Gasteiger partial charge >= 0.3 is 0 Å². The van der Waals surface area contributed by atoms with Crippen LogP contribution in [0.2, 0.25) is 5.02 Å². The predicted molar refractivity (Wildman–Crippen MR) is 118 cm³/mol. The van der Waals surface area contributed by atoms with Gasteiger partial charge in [0.15, 0.2) is 5.82 Å². The molecule has 1 aliphatic rings. The standard InChI is InChI=1S/C23H25ClN4O3/c1-28(14-15-6-3-2-4-7-15)20-18(27-23(30)22-25-10-11-26-22)13-19(21(20)29)31-17-9-5-8-16(24)12-17/h2-12,18-21,29H,13-14H2,1H3,(H,25,26)(H,27,30)/t18-,19-,20+,21+/m1/s1. The van der Waals surface area contributed by atoms with Crippen LogP contribution in [-0.4, -0.2) is 57.2 Å². The largest absolute Gasteiger partial charge is 0.488 e. The summed E-state index contributed by atoms with van der Waals surface area (Å²) in [6.45, 7) is 0.625. The first kappa shape index (κ1) is 21.4. The first-order valence-electron chi connectivity index (χ1n) is 10.2. The normalized spacial score (nSPS) is 23.1. The highest BCUT2D eigenvalue weighted by atomic mass is 35.5. The van der Waals surface area contributed by atoms with Gasteiger partial charge < -0.3 is 20.1 Å². The van der Waals surface area contributed by atoms with Crippen LogP contribution >= 0.6 is 11.6 Å². The van der Waals surface area contributed by atoms with Gasteiger partial charge in [0.1, 0.15) is 18.0 Å². The van der Waals surface area contributed by atoms with Crippen LogP contribution in [0.25, 0.3) is 0 Å². The van der Waals surface area contributed by atoms with Crippen LogP contribution in [0.1, 0.15) is 22.6 Å². The van der Waals surface area contributed by atoms with E-state index in [1.165, 1.54) is 6.20 Å². The number of likely N-dealkylation sites (N-methyl/N-ethyl adjacent to an activating group) is 1. The maximum Gasteiger partial charge on any atom is 0.287 e. The molecule has 0 radical (unpaired) electrons. The number of H-pyrrole nitrogens is 1. The molecule has 0 aliphatic heterocycles. The summed E-state index contributed by atoms with van der Waals surface area (Å²) in [4.78, 5) is 21.5. The van der Waals surface area contributed by atoms with Gasteiger partial charge in [-0.05, 0) is 30.8 Å². The minimum absolute atomic E-state index is 0.234. The number of hydrogen-bond acceptors (Lipinski definition) is 5. The first-order valence-corrected chi connectivity index (χ1v) is 10.5. The molecule has 1 saturated carbocycles. The quantitative estimate of drug-likeness (QED) is 0.525. The second-order valence-electron chi connectivity index (χ2n) is 7.75. The van der Waals surface area contributed by atoms with E-state index < -0.39 is 12.2 Å². The van der Waals surface area contributed by atoms with Crippen molar-refractivity contribution in [3.05, 3.63) is 83.4 Å². The molecule has 3 aromatic rings. The van der Waals surface area contributed by atoms with Gasteiger partial charge in [0.25, 0.3) is 5.91 Å². The maximum atomic E-state index is 12.6. The molecule has 1 aliphatic carbocycles. The van der Waals surface area contributed by atoms with Crippen LogP contribution < -0.4 is 10.1 Å². The van der Waals surface area contributed by atoms with E-state index in [0.717, 1.165) is 5.56 Å². The second-order valence-corrected chi connectivity index (χ2v) is 8.19. The molecule has 1 fully saturated rings. The number of nitrogens with one attached hydrogen (secondary N) is 2. The highest BCUT2D eigenvalue weighted by molar-refractivity contribution is 6.30. The van der Waals surface area contributed by atoms with Gasteiger partial charge in [-0.15, -0.1) is 0 Å². The first-order chi connectivity index (χ1) is 15.0. The van der Waals surface area contributed by atoms with Gasteiger partial charge in [-0.1, -0.05) is 48.0 Å². The predicted octanol–water partition coefficient (Wildman–Crippen LogP) is 2.87. The third kappa shape index (κ3) is 5.07. The number of nitrogens with zero attached hydrogens (tertiary/aromatic N) is 2. The zero-order chi connectivity index (χ0) is 21.8. The number of amides is 1. The van der Waals surface area contributed by atoms with Crippen LogP contribution in [0, 0.1) is 0 Å². The average Bonchev–Trinajstić information content (AvgIpc) is 3.38. The number of rotatable bonds is 7. The Balaban J connectivity index is 1.54. The zero-order valence-corrected chi connectivity index (χ0v) is 17.9. The van der Waals surface area contributed by atoms with Crippen LogP contribution in [0.3, 0.4) is 0 Å². The number of aromatic amines is 1. The highest BCUT2D eigenvalue weighted by Crippen LogP contribution is 2.30. The lowest BCUT2D eigenvalue weighted by molar-refractivity contribution is 0.0125. The van der Waals surface area contributed by atoms with E-state index in [-0.39, 0.29) is 23.8 Å². The van der Waals surface area contributed by atoms with Crippen LogP contribution in [0.4, 0.5) is 0 Å². The van der Waals surface area contributed by atoms with E-state index in [1.807, 2.05) is 37.4 Å². The summed E-state index contributed by atoms with van der Waals surface area (Å²) in [6, 6.07) is 16.4. The molecule has 31 heavy (non-hydrogen) atoms. The highest BCUT2D eigenvalue weighted by Gasteiger charge is 2.46. The number of halogens is 1. The van der Waals surface area contributed by atoms with Gasteiger partial charge in [0.2, 0.25) is 0 Å². The number of benzene rings is 2. The van der Waals surface area contributed by atoms with Crippen molar-refractivity contribution >= 4 is 17.5 Å². The van der Waals surface area contributed by atoms with Crippen molar-refractivity contribution in [1.82, 2.24) is 20.2 Å². The number of ether oxygens (including phenoxy) is 1. The molecular formula is C23H25ClN4O3. The fourth-order valence-electron chi connectivity index (χ4n) is 4.14. The Kier molecular flexibility index (Phi) is 6.56. The fraction of sp³-hybridized carbons (Fsp3) is 0.304. The molecule has 7 nitrogen and oxygen atoms in total. The van der Waals surface area contributed by atoms with Crippen molar-refractivity contribution in [2.75, 3.05) is 7.05 Å². The van der Waals surface area contributed by atoms with E-state index in [9.17, 15) is 9.90 Å². The minimum atomic E-state index is -0.811. The molecule has 1 amide bonds. The lowest BCUT2D eigenvalue weighted by Gasteiger charge is -2.32. The number of carbonyl (C=O) groups excluding carboxylic acids is 1. The molecule has 0 saturated heterocycles. The molecule has 8 heteroatoms. The topological polar surface area (TPSA) is 90.5 Å². The molecule has 3 N–H and O–H groups in total. The van der Waals surface area contributed by atoms with Gasteiger partial charge in [-0.25, -0.2) is 4.98 Å². The van der Waals surface area contributed by atoms with Gasteiger partial charge in [-0.2, -0.15) is 0 Å². The van der Waals surface area contributed by atoms with Crippen molar-refractivity contribution in [1.29, 1.82) is 0 Å². The van der Waals surface area contributed by atoms with Crippen molar-refractivity contribution in [2.24, 2.45) is 0 Å². The number of aliphatic hydroxyl groups is 1. The molecule has 2 aromatic carbocycles. The molecular weight excluding hydrogens is 416 g/mol. The van der Waals surface area contributed by atoms with Gasteiger partial charge in [0.05, 0.1) is 12.1 Å². The summed E-state index contributed by atoms with van der Waals surface area (Å²) in [5, 5.41) is 14.7. The fourth-order valence-corrected chi connectivity index (χ4v) is 4.32. The Morgan fingerprint density at radius 1 is 1.29 bits per heavy atom. The molecule has 162 valence electrons. The van der Waals surface area contributed by atoms with Crippen molar-refractivity contribution < 1.29 is 14.6 Å². The van der Waals surface area contributed by atoms with Gasteiger partial charge in [0, 0.05) is 30.4 Å². The van der Waals surface area contributed by atoms with E-state index in [0.29, 0.717) is 23.7 Å². The smallest absolute Gasteiger partial charge is 0.287 e. The average molecular weight is 441 g/mol. The van der Waals surface area contributed by atoms with E-state index in [4.69, 9.17) is 16.3 Å². The molecule has 1 aromatic heterocycles. The Bertz CT molecular complexity index is 999. The lowest BCUT2D eigenvalue weighted by atomic mass is 10.1. The molecule has 0 spiro atoms. The van der Waals surface area contributed by atoms with Crippen molar-refractivity contribution in [3.63, 3.8) is 0 Å². The monoisotopic (exact) mass is 440 g/mol. The number of aliphatic hydroxyl groups excluding tert-OH is 1. The Labute approximate surface area is 186 Å². The van der Waals surface area contributed by atoms with E-state index in [2.05, 4.69) is 20.2 Å². The van der Waals surface area contributed by atoms with Crippen LogP contribution in [0.15, 0.2) is 67.0 Å². The summed E-state index contributed by atoms with van der Waals surface area (Å²) in [6.07, 6.45) is 2.27. The summed E-state index contributed by atoms with van der Waals surface area (Å²) in [5.41, 5.74) is 1.12. The number of hydrogen-bond donors (Lipinski definition) is 3. The Hall–Kier alpha value is -2.87. The van der Waals surface area contributed by atoms with Crippen LogP contribution in [-0.2, 0) is 6.54 Å². The molecule has 4 atom stereocenters. The minimum Gasteiger partial charge on any atom is -0.488 e. The van der Waals surface area contributed by atoms with E-state index in [1.54, 1.807) is 30.5 Å². The lowest BCUT2D eigenvalue weighted by Crippen LogP contribution is -2.52. The third-order valence-corrected chi connectivity index (χ3v) is 5.76. The zero-order valence-electron chi connectivity index (χ0n) is 17.1. The SMILES string of the molecule is CN(Cc1ccccc1)[C@@H]1[C@@H](O)[C@H](Oc2cccc(Cl)c2)C[C@H]1NC(=O)c1ncc[nH]1. The third-order valence-electron chi connectivity index (χ3n) is 5.53. The molecule has 4 rings (SSSR count). The number of aromatic nitrogens is 2. The van der Waals surface area contributed by atoms with Crippen molar-refractivity contribution in [3.8, 4) is 5.75 Å². The van der Waals surface area contributed by atoms with E-state index >= 15 is 0 Å². The molecule has 1 heterocycles. The number of imidazole rings is 1. The Morgan fingerprint density at radius 3 is 2.81 bits per heavy atom.